The SMILES string of the molecule is Nc1cc(Sc2ncn[nH]2)cc([N+](=O)[O-])c1. The van der Waals surface area contributed by atoms with Gasteiger partial charge in [0, 0.05) is 22.7 Å². The maximum absolute atomic E-state index is 10.6. The van der Waals surface area contributed by atoms with Crippen molar-refractivity contribution in [2.24, 2.45) is 0 Å². The second-order valence-electron chi connectivity index (χ2n) is 2.91. The summed E-state index contributed by atoms with van der Waals surface area (Å²) in [5, 5.41) is 17.5. The van der Waals surface area contributed by atoms with Gasteiger partial charge in [-0.05, 0) is 6.07 Å². The lowest BCUT2D eigenvalue weighted by molar-refractivity contribution is -0.385. The first-order valence-corrected chi connectivity index (χ1v) is 5.05. The Hall–Kier alpha value is -2.09. The van der Waals surface area contributed by atoms with Crippen molar-refractivity contribution in [3.8, 4) is 0 Å². The van der Waals surface area contributed by atoms with E-state index < -0.39 is 4.92 Å². The number of nitrogens with zero attached hydrogens (tertiary/aromatic N) is 3. The van der Waals surface area contributed by atoms with E-state index in [4.69, 9.17) is 5.73 Å². The number of rotatable bonds is 3. The van der Waals surface area contributed by atoms with Crippen LogP contribution in [0, 0.1) is 10.1 Å². The van der Waals surface area contributed by atoms with Gasteiger partial charge in [-0.15, -0.1) is 0 Å². The van der Waals surface area contributed by atoms with Crippen molar-refractivity contribution < 1.29 is 4.92 Å². The molecular formula is C8H7N5O2S. The molecule has 82 valence electrons. The molecule has 16 heavy (non-hydrogen) atoms. The number of hydrogen-bond donors (Lipinski definition) is 2. The van der Waals surface area contributed by atoms with Gasteiger partial charge in [0.05, 0.1) is 4.92 Å². The second kappa shape index (κ2) is 4.19. The minimum atomic E-state index is -0.485. The van der Waals surface area contributed by atoms with Crippen LogP contribution >= 0.6 is 11.8 Å². The van der Waals surface area contributed by atoms with Crippen LogP contribution in [-0.2, 0) is 0 Å². The van der Waals surface area contributed by atoms with E-state index in [9.17, 15) is 10.1 Å². The molecule has 0 aliphatic rings. The Morgan fingerprint density at radius 2 is 2.25 bits per heavy atom. The van der Waals surface area contributed by atoms with Gasteiger partial charge in [-0.25, -0.2) is 4.98 Å². The first-order valence-electron chi connectivity index (χ1n) is 4.23. The van der Waals surface area contributed by atoms with Gasteiger partial charge in [-0.1, -0.05) is 11.8 Å². The Balaban J connectivity index is 2.31. The number of hydrogen-bond acceptors (Lipinski definition) is 6. The van der Waals surface area contributed by atoms with Gasteiger partial charge in [0.2, 0.25) is 0 Å². The van der Waals surface area contributed by atoms with Crippen molar-refractivity contribution in [2.75, 3.05) is 5.73 Å². The predicted molar refractivity (Wildman–Crippen MR) is 58.0 cm³/mol. The number of non-ortho nitro benzene ring substituents is 1. The molecule has 0 spiro atoms. The second-order valence-corrected chi connectivity index (χ2v) is 3.97. The van der Waals surface area contributed by atoms with Crippen molar-refractivity contribution in [1.29, 1.82) is 0 Å². The van der Waals surface area contributed by atoms with E-state index in [1.165, 1.54) is 30.2 Å². The third kappa shape index (κ3) is 2.28. The summed E-state index contributed by atoms with van der Waals surface area (Å²) in [5.41, 5.74) is 5.87. The lowest BCUT2D eigenvalue weighted by Crippen LogP contribution is -1.92. The standard InChI is InChI=1S/C8H7N5O2S/c9-5-1-6(13(14)15)3-7(2-5)16-8-10-4-11-12-8/h1-4H,9H2,(H,10,11,12). The third-order valence-electron chi connectivity index (χ3n) is 1.73. The largest absolute Gasteiger partial charge is 0.398 e. The van der Waals surface area contributed by atoms with Crippen LogP contribution < -0.4 is 5.73 Å². The van der Waals surface area contributed by atoms with Crippen molar-refractivity contribution in [3.05, 3.63) is 34.6 Å². The normalized spacial score (nSPS) is 10.2. The highest BCUT2D eigenvalue weighted by molar-refractivity contribution is 7.99. The molecule has 3 N–H and O–H groups in total. The van der Waals surface area contributed by atoms with Gasteiger partial charge >= 0.3 is 0 Å². The van der Waals surface area contributed by atoms with Crippen LogP contribution in [0.2, 0.25) is 0 Å². The molecule has 0 fully saturated rings. The Labute approximate surface area is 94.2 Å². The first kappa shape index (κ1) is 10.4. The van der Waals surface area contributed by atoms with Crippen LogP contribution in [-0.4, -0.2) is 20.1 Å². The molecule has 0 amide bonds. The van der Waals surface area contributed by atoms with Crippen LogP contribution in [0.5, 0.6) is 0 Å². The molecule has 0 atom stereocenters. The lowest BCUT2D eigenvalue weighted by atomic mass is 10.3. The number of aromatic nitrogens is 3. The van der Waals surface area contributed by atoms with Gasteiger partial charge in [0.1, 0.15) is 6.33 Å². The fraction of sp³-hybridized carbons (Fsp3) is 0. The molecule has 0 radical (unpaired) electrons. The zero-order valence-electron chi connectivity index (χ0n) is 7.95. The summed E-state index contributed by atoms with van der Waals surface area (Å²) >= 11 is 1.23. The van der Waals surface area contributed by atoms with Gasteiger partial charge in [0.15, 0.2) is 5.16 Å². The molecule has 0 bridgehead atoms. The van der Waals surface area contributed by atoms with Crippen LogP contribution in [0.1, 0.15) is 0 Å². The first-order chi connectivity index (χ1) is 7.65. The van der Waals surface area contributed by atoms with E-state index in [2.05, 4.69) is 15.2 Å². The van der Waals surface area contributed by atoms with E-state index in [0.29, 0.717) is 15.7 Å². The van der Waals surface area contributed by atoms with Crippen LogP contribution in [0.3, 0.4) is 0 Å². The highest BCUT2D eigenvalue weighted by Gasteiger charge is 2.10. The van der Waals surface area contributed by atoms with E-state index in [-0.39, 0.29) is 5.69 Å². The fourth-order valence-electron chi connectivity index (χ4n) is 1.13. The number of anilines is 1. The molecule has 7 nitrogen and oxygen atoms in total. The number of nitro benzene ring substituents is 1. The maximum Gasteiger partial charge on any atom is 0.272 e. The molecule has 0 aliphatic heterocycles. The number of H-pyrrole nitrogens is 1. The predicted octanol–water partition coefficient (Wildman–Crippen LogP) is 1.45. The fourth-order valence-corrected chi connectivity index (χ4v) is 1.92. The van der Waals surface area contributed by atoms with Gasteiger partial charge in [-0.3, -0.25) is 15.2 Å². The smallest absolute Gasteiger partial charge is 0.272 e. The molecular weight excluding hydrogens is 230 g/mol. The molecule has 8 heteroatoms. The molecule has 2 aromatic rings. The minimum absolute atomic E-state index is 0.0398. The maximum atomic E-state index is 10.6. The summed E-state index contributed by atoms with van der Waals surface area (Å²) in [6, 6.07) is 4.38. The Morgan fingerprint density at radius 1 is 1.44 bits per heavy atom. The van der Waals surface area contributed by atoms with E-state index >= 15 is 0 Å². The number of nitrogen functional groups attached to an aromatic ring is 1. The number of nitrogens with two attached hydrogens (primary N) is 1. The van der Waals surface area contributed by atoms with E-state index in [1.54, 1.807) is 6.07 Å². The highest BCUT2D eigenvalue weighted by atomic mass is 32.2. The molecule has 1 aromatic carbocycles. The van der Waals surface area contributed by atoms with Crippen LogP contribution in [0.15, 0.2) is 34.6 Å². The Bertz CT molecular complexity index is 513. The quantitative estimate of drug-likeness (QED) is 0.474. The van der Waals surface area contributed by atoms with E-state index in [0.717, 1.165) is 0 Å². The summed E-state index contributed by atoms with van der Waals surface area (Å²) < 4.78 is 0. The van der Waals surface area contributed by atoms with Gasteiger partial charge < -0.3 is 5.73 Å². The molecule has 1 aromatic heterocycles. The molecule has 0 saturated heterocycles. The van der Waals surface area contributed by atoms with Gasteiger partial charge in [-0.2, -0.15) is 5.10 Å². The van der Waals surface area contributed by atoms with E-state index in [1.807, 2.05) is 0 Å². The summed E-state index contributed by atoms with van der Waals surface area (Å²) in [7, 11) is 0. The monoisotopic (exact) mass is 237 g/mol. The number of nitrogens with one attached hydrogen (secondary N) is 1. The van der Waals surface area contributed by atoms with Crippen LogP contribution in [0.25, 0.3) is 0 Å². The van der Waals surface area contributed by atoms with Crippen molar-refractivity contribution in [3.63, 3.8) is 0 Å². The highest BCUT2D eigenvalue weighted by Crippen LogP contribution is 2.29. The number of nitro groups is 1. The Morgan fingerprint density at radius 3 is 2.88 bits per heavy atom. The van der Waals surface area contributed by atoms with Gasteiger partial charge in [0.25, 0.3) is 5.69 Å². The molecule has 2 rings (SSSR count). The third-order valence-corrected chi connectivity index (χ3v) is 2.59. The van der Waals surface area contributed by atoms with Crippen LogP contribution in [0.4, 0.5) is 11.4 Å². The van der Waals surface area contributed by atoms with Crippen molar-refractivity contribution in [2.45, 2.75) is 10.1 Å². The summed E-state index contributed by atoms with van der Waals surface area (Å²) in [4.78, 5) is 14.7. The van der Waals surface area contributed by atoms with Crippen molar-refractivity contribution in [1.82, 2.24) is 15.2 Å². The molecule has 1 heterocycles. The zero-order chi connectivity index (χ0) is 11.5. The summed E-state index contributed by atoms with van der Waals surface area (Å²) in [5.74, 6) is 0. The molecule has 0 saturated carbocycles. The average Bonchev–Trinajstić information content (AvgIpc) is 2.69. The zero-order valence-corrected chi connectivity index (χ0v) is 8.77. The summed E-state index contributed by atoms with van der Waals surface area (Å²) in [6.07, 6.45) is 1.36. The minimum Gasteiger partial charge on any atom is -0.398 e. The molecule has 0 aliphatic carbocycles. The average molecular weight is 237 g/mol. The summed E-state index contributed by atoms with van der Waals surface area (Å²) in [6.45, 7) is 0. The topological polar surface area (TPSA) is 111 Å². The lowest BCUT2D eigenvalue weighted by Gasteiger charge is -2.00. The molecule has 0 unspecified atom stereocenters. The van der Waals surface area contributed by atoms with Crippen molar-refractivity contribution >= 4 is 23.1 Å². The number of aromatic amines is 1. The Kier molecular flexibility index (Phi) is 2.73. The number of benzene rings is 1.